The average Bonchev–Trinajstić information content (AvgIpc) is 3.22. The third-order valence-electron chi connectivity index (χ3n) is 4.27. The van der Waals surface area contributed by atoms with E-state index in [0.717, 1.165) is 24.3 Å². The van der Waals surface area contributed by atoms with Crippen molar-refractivity contribution >= 4 is 27.6 Å². The predicted molar refractivity (Wildman–Crippen MR) is 109 cm³/mol. The quantitative estimate of drug-likeness (QED) is 0.458. The van der Waals surface area contributed by atoms with Gasteiger partial charge in [0.25, 0.3) is 0 Å². The Morgan fingerprint density at radius 3 is 2.35 bits per heavy atom. The number of anilines is 1. The highest BCUT2D eigenvalue weighted by molar-refractivity contribution is 7.89. The molecule has 3 aromatic rings. The largest absolute Gasteiger partial charge is 0.481 e. The summed E-state index contributed by atoms with van der Waals surface area (Å²) in [4.78, 5) is 27.3. The van der Waals surface area contributed by atoms with Crippen LogP contribution in [0.1, 0.15) is 5.56 Å². The van der Waals surface area contributed by atoms with Gasteiger partial charge in [-0.05, 0) is 42.0 Å². The molecule has 1 amide bonds. The maximum Gasteiger partial charge on any atom is 0.307 e. The number of aliphatic carboxylic acids is 1. The van der Waals surface area contributed by atoms with Crippen LogP contribution in [0.15, 0.2) is 72.1 Å². The van der Waals surface area contributed by atoms with Gasteiger partial charge in [0.1, 0.15) is 11.9 Å². The van der Waals surface area contributed by atoms with Crippen LogP contribution in [0.4, 0.5) is 10.1 Å². The third kappa shape index (κ3) is 6.20. The summed E-state index contributed by atoms with van der Waals surface area (Å²) in [6, 6.07) is 9.18. The molecule has 0 bridgehead atoms. The fourth-order valence-corrected chi connectivity index (χ4v) is 3.94. The first kappa shape index (κ1) is 22.1. The number of sulfonamides is 1. The van der Waals surface area contributed by atoms with E-state index in [1.54, 1.807) is 18.3 Å². The van der Waals surface area contributed by atoms with Gasteiger partial charge in [0, 0.05) is 24.6 Å². The summed E-state index contributed by atoms with van der Waals surface area (Å²) >= 11 is 0. The number of halogens is 1. The highest BCUT2D eigenvalue weighted by Crippen LogP contribution is 2.14. The van der Waals surface area contributed by atoms with Gasteiger partial charge in [-0.25, -0.2) is 17.8 Å². The molecule has 9 nitrogen and oxygen atoms in total. The molecular weight excluding hydrogens is 427 g/mol. The number of carbonyl (C=O) groups excluding carboxylic acids is 1. The second-order valence-corrected chi connectivity index (χ2v) is 8.36. The van der Waals surface area contributed by atoms with E-state index < -0.39 is 33.8 Å². The number of rotatable bonds is 9. The lowest BCUT2D eigenvalue weighted by Gasteiger charge is -2.19. The zero-order valence-corrected chi connectivity index (χ0v) is 16.9. The summed E-state index contributed by atoms with van der Waals surface area (Å²) in [5, 5.41) is 11.4. The first-order valence-electron chi connectivity index (χ1n) is 9.08. The van der Waals surface area contributed by atoms with Gasteiger partial charge in [0.2, 0.25) is 15.9 Å². The Bertz CT molecular complexity index is 1150. The minimum absolute atomic E-state index is 0.0383. The molecular formula is C20H19FN4O5S. The van der Waals surface area contributed by atoms with Crippen LogP contribution in [0, 0.1) is 5.82 Å². The van der Waals surface area contributed by atoms with E-state index in [0.29, 0.717) is 11.3 Å². The Labute approximate surface area is 177 Å². The Morgan fingerprint density at radius 1 is 1.10 bits per heavy atom. The normalized spacial score (nSPS) is 12.3. The average molecular weight is 446 g/mol. The number of hydrogen-bond acceptors (Lipinski definition) is 5. The second kappa shape index (κ2) is 9.49. The Morgan fingerprint density at radius 2 is 1.77 bits per heavy atom. The number of carboxylic acid groups (broad SMARTS) is 1. The summed E-state index contributed by atoms with van der Waals surface area (Å²) < 4.78 is 42.4. The lowest BCUT2D eigenvalue weighted by atomic mass is 10.1. The van der Waals surface area contributed by atoms with Crippen molar-refractivity contribution < 1.29 is 27.5 Å². The minimum Gasteiger partial charge on any atom is -0.481 e. The van der Waals surface area contributed by atoms with E-state index in [1.165, 1.54) is 29.2 Å². The monoisotopic (exact) mass is 446 g/mol. The number of carboxylic acids is 1. The van der Waals surface area contributed by atoms with E-state index in [2.05, 4.69) is 15.0 Å². The van der Waals surface area contributed by atoms with Crippen LogP contribution < -0.4 is 10.0 Å². The fraction of sp³-hybridized carbons (Fsp3) is 0.150. The number of aromatic nitrogens is 2. The molecule has 162 valence electrons. The molecule has 0 saturated carbocycles. The summed E-state index contributed by atoms with van der Waals surface area (Å²) in [5.41, 5.74) is 0.924. The van der Waals surface area contributed by atoms with Crippen LogP contribution in [-0.2, 0) is 32.6 Å². The molecule has 0 aliphatic heterocycles. The van der Waals surface area contributed by atoms with Crippen molar-refractivity contribution in [2.45, 2.75) is 23.9 Å². The topological polar surface area (TPSA) is 130 Å². The molecule has 0 aliphatic carbocycles. The van der Waals surface area contributed by atoms with E-state index in [1.807, 2.05) is 0 Å². The predicted octanol–water partition coefficient (Wildman–Crippen LogP) is 1.64. The number of nitrogens with zero attached hydrogens (tertiary/aromatic N) is 2. The molecule has 3 rings (SSSR count). The zero-order valence-electron chi connectivity index (χ0n) is 16.1. The number of benzene rings is 2. The smallest absolute Gasteiger partial charge is 0.307 e. The van der Waals surface area contributed by atoms with Crippen LogP contribution in [0.5, 0.6) is 0 Å². The highest BCUT2D eigenvalue weighted by Gasteiger charge is 2.26. The molecule has 0 saturated heterocycles. The standard InChI is InChI=1S/C20H19FN4O5S/c21-15-3-7-17(8-4-15)31(29,30)24-18(12-25-10-9-22-13-25)20(28)23-16-5-1-14(2-6-16)11-19(26)27/h1-10,13,18,24H,11-12H2,(H,23,28)(H,26,27). The van der Waals surface area contributed by atoms with Crippen molar-refractivity contribution in [1.82, 2.24) is 14.3 Å². The molecule has 31 heavy (non-hydrogen) atoms. The maximum atomic E-state index is 13.1. The number of carbonyl (C=O) groups is 2. The summed E-state index contributed by atoms with van der Waals surface area (Å²) in [7, 11) is -4.11. The molecule has 1 atom stereocenters. The van der Waals surface area contributed by atoms with Gasteiger partial charge in [-0.3, -0.25) is 9.59 Å². The first-order valence-corrected chi connectivity index (χ1v) is 10.6. The maximum absolute atomic E-state index is 13.1. The lowest BCUT2D eigenvalue weighted by Crippen LogP contribution is -2.46. The third-order valence-corrected chi connectivity index (χ3v) is 5.75. The van der Waals surface area contributed by atoms with E-state index in [4.69, 9.17) is 5.11 Å². The van der Waals surface area contributed by atoms with Crippen LogP contribution in [-0.4, -0.2) is 41.0 Å². The summed E-state index contributed by atoms with van der Waals surface area (Å²) in [6.45, 7) is -0.0383. The van der Waals surface area contributed by atoms with Crippen LogP contribution in [0.3, 0.4) is 0 Å². The van der Waals surface area contributed by atoms with Gasteiger partial charge in [-0.15, -0.1) is 0 Å². The SMILES string of the molecule is O=C(O)Cc1ccc(NC(=O)C(Cn2ccnc2)NS(=O)(=O)c2ccc(F)cc2)cc1. The van der Waals surface area contributed by atoms with Crippen molar-refractivity contribution in [2.24, 2.45) is 0 Å². The van der Waals surface area contributed by atoms with Crippen molar-refractivity contribution in [1.29, 1.82) is 0 Å². The molecule has 1 heterocycles. The van der Waals surface area contributed by atoms with Crippen LogP contribution >= 0.6 is 0 Å². The van der Waals surface area contributed by atoms with E-state index >= 15 is 0 Å². The van der Waals surface area contributed by atoms with Gasteiger partial charge < -0.3 is 15.0 Å². The molecule has 1 unspecified atom stereocenters. The molecule has 2 aromatic carbocycles. The van der Waals surface area contributed by atoms with Crippen molar-refractivity contribution in [2.75, 3.05) is 5.32 Å². The number of nitrogens with one attached hydrogen (secondary N) is 2. The number of imidazole rings is 1. The highest BCUT2D eigenvalue weighted by atomic mass is 32.2. The Balaban J connectivity index is 1.78. The molecule has 0 radical (unpaired) electrons. The molecule has 1 aromatic heterocycles. The van der Waals surface area contributed by atoms with Gasteiger partial charge >= 0.3 is 5.97 Å². The molecule has 3 N–H and O–H groups in total. The van der Waals surface area contributed by atoms with Crippen molar-refractivity contribution in [3.8, 4) is 0 Å². The number of hydrogen-bond donors (Lipinski definition) is 3. The summed E-state index contributed by atoms with van der Waals surface area (Å²) in [6.07, 6.45) is 4.35. The van der Waals surface area contributed by atoms with Crippen molar-refractivity contribution in [3.63, 3.8) is 0 Å². The van der Waals surface area contributed by atoms with Gasteiger partial charge in [-0.1, -0.05) is 12.1 Å². The molecule has 11 heteroatoms. The minimum atomic E-state index is -4.11. The Kier molecular flexibility index (Phi) is 6.78. The lowest BCUT2D eigenvalue weighted by molar-refractivity contribution is -0.136. The first-order chi connectivity index (χ1) is 14.7. The summed E-state index contributed by atoms with van der Waals surface area (Å²) in [5.74, 6) is -2.20. The van der Waals surface area contributed by atoms with E-state index in [9.17, 15) is 22.4 Å². The molecule has 0 spiro atoms. The van der Waals surface area contributed by atoms with E-state index in [-0.39, 0.29) is 17.9 Å². The van der Waals surface area contributed by atoms with Gasteiger partial charge in [0.15, 0.2) is 0 Å². The zero-order chi connectivity index (χ0) is 22.4. The van der Waals surface area contributed by atoms with Gasteiger partial charge in [-0.2, -0.15) is 4.72 Å². The van der Waals surface area contributed by atoms with Crippen LogP contribution in [0.25, 0.3) is 0 Å². The molecule has 0 aliphatic rings. The second-order valence-electron chi connectivity index (χ2n) is 6.64. The van der Waals surface area contributed by atoms with Gasteiger partial charge in [0.05, 0.1) is 17.6 Å². The number of amides is 1. The van der Waals surface area contributed by atoms with Crippen molar-refractivity contribution in [3.05, 3.63) is 78.6 Å². The fourth-order valence-electron chi connectivity index (χ4n) is 2.76. The van der Waals surface area contributed by atoms with Crippen LogP contribution in [0.2, 0.25) is 0 Å². The Hall–Kier alpha value is -3.57. The molecule has 0 fully saturated rings.